The van der Waals surface area contributed by atoms with Gasteiger partial charge < -0.3 is 10.5 Å². The van der Waals surface area contributed by atoms with Crippen LogP contribution in [0.2, 0.25) is 0 Å². The predicted molar refractivity (Wildman–Crippen MR) is 50.1 cm³/mol. The molecule has 0 bridgehead atoms. The van der Waals surface area contributed by atoms with E-state index in [-0.39, 0.29) is 36.3 Å². The summed E-state index contributed by atoms with van der Waals surface area (Å²) in [7, 11) is 0. The van der Waals surface area contributed by atoms with Crippen LogP contribution in [-0.4, -0.2) is 30.0 Å². The zero-order chi connectivity index (χ0) is 10.6. The molecule has 1 saturated carbocycles. The van der Waals surface area contributed by atoms with Crippen molar-refractivity contribution in [1.29, 1.82) is 0 Å². The molecule has 0 spiro atoms. The number of ether oxygens (including phenoxy) is 1. The molecule has 84 valence electrons. The molecular weight excluding hydrogens is 215 g/mol. The Hall–Kier alpha value is 0.0600. The Morgan fingerprint density at radius 3 is 2.57 bits per heavy atom. The summed E-state index contributed by atoms with van der Waals surface area (Å²) >= 11 is -0.0385. The second-order valence-electron chi connectivity index (χ2n) is 3.36. The Labute approximate surface area is 85.4 Å². The Kier molecular flexibility index (Phi) is 4.53. The van der Waals surface area contributed by atoms with E-state index in [2.05, 4.69) is 0 Å². The van der Waals surface area contributed by atoms with Crippen molar-refractivity contribution in [3.63, 3.8) is 0 Å². The first-order valence-electron chi connectivity index (χ1n) is 4.55. The molecule has 2 nitrogen and oxygen atoms in total. The maximum absolute atomic E-state index is 11.7. The third-order valence-electron chi connectivity index (χ3n) is 2.13. The van der Waals surface area contributed by atoms with Gasteiger partial charge in [-0.25, -0.2) is 0 Å². The molecule has 6 heteroatoms. The van der Waals surface area contributed by atoms with Gasteiger partial charge in [-0.3, -0.25) is 0 Å². The van der Waals surface area contributed by atoms with Crippen LogP contribution >= 0.6 is 11.8 Å². The summed E-state index contributed by atoms with van der Waals surface area (Å²) in [6.07, 6.45) is 2.63. The predicted octanol–water partition coefficient (Wildman–Crippen LogP) is 2.14. The summed E-state index contributed by atoms with van der Waals surface area (Å²) < 4.78 is 40.4. The molecular formula is C8H14F3NOS. The molecule has 1 aliphatic carbocycles. The lowest BCUT2D eigenvalue weighted by Gasteiger charge is -2.11. The lowest BCUT2D eigenvalue weighted by Crippen LogP contribution is -2.18. The van der Waals surface area contributed by atoms with Crippen LogP contribution in [0, 0.1) is 0 Å². The first kappa shape index (κ1) is 12.1. The zero-order valence-corrected chi connectivity index (χ0v) is 8.53. The summed E-state index contributed by atoms with van der Waals surface area (Å²) in [5.41, 5.74) is 1.49. The molecule has 14 heavy (non-hydrogen) atoms. The van der Waals surface area contributed by atoms with E-state index in [4.69, 9.17) is 10.5 Å². The van der Waals surface area contributed by atoms with Gasteiger partial charge in [0, 0.05) is 11.8 Å². The highest BCUT2D eigenvalue weighted by Gasteiger charge is 2.28. The minimum Gasteiger partial charge on any atom is -0.377 e. The molecule has 0 heterocycles. The van der Waals surface area contributed by atoms with Gasteiger partial charge >= 0.3 is 5.51 Å². The maximum atomic E-state index is 11.7. The van der Waals surface area contributed by atoms with Gasteiger partial charge in [0.2, 0.25) is 0 Å². The molecule has 1 aliphatic rings. The molecule has 1 fully saturated rings. The summed E-state index contributed by atoms with van der Waals surface area (Å²) in [5, 5.41) is 0. The van der Waals surface area contributed by atoms with Crippen LogP contribution in [0.1, 0.15) is 19.3 Å². The van der Waals surface area contributed by atoms with Crippen LogP contribution in [0.3, 0.4) is 0 Å². The normalized spacial score (nSPS) is 28.3. The summed E-state index contributed by atoms with van der Waals surface area (Å²) in [4.78, 5) is 0. The topological polar surface area (TPSA) is 35.2 Å². The van der Waals surface area contributed by atoms with Gasteiger partial charge in [0.1, 0.15) is 0 Å². The fourth-order valence-electron chi connectivity index (χ4n) is 1.50. The Bertz CT molecular complexity index is 176. The SMILES string of the molecule is NC1CCC(OCCSC(F)(F)F)C1. The number of halogens is 3. The molecule has 0 saturated heterocycles. The number of nitrogens with two attached hydrogens (primary N) is 1. The van der Waals surface area contributed by atoms with E-state index in [9.17, 15) is 13.2 Å². The second kappa shape index (κ2) is 5.23. The van der Waals surface area contributed by atoms with Gasteiger partial charge in [0.05, 0.1) is 12.7 Å². The quantitative estimate of drug-likeness (QED) is 0.750. The summed E-state index contributed by atoms with van der Waals surface area (Å²) in [6.45, 7) is 0.154. The van der Waals surface area contributed by atoms with Gasteiger partial charge in [0.15, 0.2) is 0 Å². The minimum atomic E-state index is -4.14. The number of hydrogen-bond donors (Lipinski definition) is 1. The second-order valence-corrected chi connectivity index (χ2v) is 4.52. The minimum absolute atomic E-state index is 0.0325. The Balaban J connectivity index is 1.99. The monoisotopic (exact) mass is 229 g/mol. The smallest absolute Gasteiger partial charge is 0.377 e. The highest BCUT2D eigenvalue weighted by molar-refractivity contribution is 8.00. The van der Waals surface area contributed by atoms with E-state index in [0.717, 1.165) is 19.3 Å². The van der Waals surface area contributed by atoms with Crippen molar-refractivity contribution in [2.45, 2.75) is 36.9 Å². The summed E-state index contributed by atoms with van der Waals surface area (Å²) in [6, 6.07) is 0.162. The molecule has 0 aromatic carbocycles. The van der Waals surface area contributed by atoms with Gasteiger partial charge in [-0.05, 0) is 31.0 Å². The van der Waals surface area contributed by atoms with Crippen molar-refractivity contribution in [3.05, 3.63) is 0 Å². The zero-order valence-electron chi connectivity index (χ0n) is 7.72. The average molecular weight is 229 g/mol. The molecule has 2 N–H and O–H groups in total. The van der Waals surface area contributed by atoms with Crippen LogP contribution in [-0.2, 0) is 4.74 Å². The maximum Gasteiger partial charge on any atom is 0.441 e. The molecule has 0 aromatic heterocycles. The number of alkyl halides is 3. The van der Waals surface area contributed by atoms with E-state index < -0.39 is 5.51 Å². The Morgan fingerprint density at radius 1 is 1.36 bits per heavy atom. The van der Waals surface area contributed by atoms with Crippen LogP contribution < -0.4 is 5.73 Å². The molecule has 2 atom stereocenters. The summed E-state index contributed by atoms with van der Waals surface area (Å²) in [5.74, 6) is -0.0325. The number of hydrogen-bond acceptors (Lipinski definition) is 3. The Morgan fingerprint density at radius 2 is 2.07 bits per heavy atom. The lowest BCUT2D eigenvalue weighted by atomic mass is 10.3. The third-order valence-corrected chi connectivity index (χ3v) is 2.83. The average Bonchev–Trinajstić information content (AvgIpc) is 2.44. The van der Waals surface area contributed by atoms with Gasteiger partial charge in [-0.2, -0.15) is 13.2 Å². The van der Waals surface area contributed by atoms with Crippen molar-refractivity contribution >= 4 is 11.8 Å². The van der Waals surface area contributed by atoms with Crippen molar-refractivity contribution in [3.8, 4) is 0 Å². The van der Waals surface area contributed by atoms with Crippen molar-refractivity contribution in [1.82, 2.24) is 0 Å². The van der Waals surface area contributed by atoms with E-state index in [1.54, 1.807) is 0 Å². The fraction of sp³-hybridized carbons (Fsp3) is 1.00. The largest absolute Gasteiger partial charge is 0.441 e. The lowest BCUT2D eigenvalue weighted by molar-refractivity contribution is -0.0334. The highest BCUT2D eigenvalue weighted by atomic mass is 32.2. The third kappa shape index (κ3) is 5.07. The van der Waals surface area contributed by atoms with Gasteiger partial charge in [0.25, 0.3) is 0 Å². The molecule has 1 rings (SSSR count). The van der Waals surface area contributed by atoms with Crippen molar-refractivity contribution < 1.29 is 17.9 Å². The van der Waals surface area contributed by atoms with Crippen LogP contribution in [0.4, 0.5) is 13.2 Å². The van der Waals surface area contributed by atoms with Gasteiger partial charge in [-0.1, -0.05) is 0 Å². The molecule has 2 unspecified atom stereocenters. The molecule has 0 radical (unpaired) electrons. The van der Waals surface area contributed by atoms with Crippen LogP contribution in [0.25, 0.3) is 0 Å². The first-order valence-corrected chi connectivity index (χ1v) is 5.54. The number of rotatable bonds is 4. The standard InChI is InChI=1S/C8H14F3NOS/c9-8(10,11)14-4-3-13-7-2-1-6(12)5-7/h6-7H,1-5,12H2. The van der Waals surface area contributed by atoms with Gasteiger partial charge in [-0.15, -0.1) is 0 Å². The number of thioether (sulfide) groups is 1. The first-order chi connectivity index (χ1) is 6.47. The van der Waals surface area contributed by atoms with E-state index in [1.165, 1.54) is 0 Å². The highest BCUT2D eigenvalue weighted by Crippen LogP contribution is 2.30. The molecule has 0 aromatic rings. The van der Waals surface area contributed by atoms with Crippen molar-refractivity contribution in [2.75, 3.05) is 12.4 Å². The van der Waals surface area contributed by atoms with Crippen molar-refractivity contribution in [2.24, 2.45) is 5.73 Å². The van der Waals surface area contributed by atoms with E-state index in [0.29, 0.717) is 0 Å². The van der Waals surface area contributed by atoms with E-state index >= 15 is 0 Å². The van der Waals surface area contributed by atoms with Crippen LogP contribution in [0.15, 0.2) is 0 Å². The van der Waals surface area contributed by atoms with E-state index in [1.807, 2.05) is 0 Å². The van der Waals surface area contributed by atoms with Crippen LogP contribution in [0.5, 0.6) is 0 Å². The fourth-order valence-corrected chi connectivity index (χ4v) is 1.91. The molecule has 0 aliphatic heterocycles. The molecule has 0 amide bonds.